The van der Waals surface area contributed by atoms with Crippen molar-refractivity contribution in [2.45, 2.75) is 4.90 Å². The van der Waals surface area contributed by atoms with Crippen LogP contribution in [0.5, 0.6) is 0 Å². The first-order valence-electron chi connectivity index (χ1n) is 5.65. The first-order chi connectivity index (χ1) is 9.53. The number of benzene rings is 1. The van der Waals surface area contributed by atoms with Gasteiger partial charge in [0.25, 0.3) is 10.0 Å². The number of nitrogens with zero attached hydrogens (tertiary/aromatic N) is 1. The molecule has 0 unspecified atom stereocenters. The van der Waals surface area contributed by atoms with E-state index in [0.29, 0.717) is 0 Å². The average molecular weight is 292 g/mol. The van der Waals surface area contributed by atoms with Crippen LogP contribution in [-0.2, 0) is 14.8 Å². The molecule has 2 rings (SSSR count). The molecule has 1 N–H and O–H groups in total. The molecule has 0 aliphatic rings. The number of hydrogen-bond acceptors (Lipinski definition) is 5. The molecular formula is C13H12N2O4S. The molecule has 1 aromatic carbocycles. The highest BCUT2D eigenvalue weighted by Crippen LogP contribution is 2.15. The Kier molecular flexibility index (Phi) is 3.99. The van der Waals surface area contributed by atoms with Crippen LogP contribution in [0, 0.1) is 0 Å². The van der Waals surface area contributed by atoms with E-state index in [4.69, 9.17) is 0 Å². The summed E-state index contributed by atoms with van der Waals surface area (Å²) in [5, 5.41) is 0. The summed E-state index contributed by atoms with van der Waals surface area (Å²) in [6, 6.07) is 10.5. The van der Waals surface area contributed by atoms with E-state index in [2.05, 4.69) is 14.4 Å². The molecule has 20 heavy (non-hydrogen) atoms. The molecular weight excluding hydrogens is 280 g/mol. The standard InChI is InChI=1S/C13H12N2O4S/c1-19-13(16)10-5-4-6-11(9-10)20(17,18)15-12-7-2-3-8-14-12/h2-9H,1H3,(H,14,15). The first kappa shape index (κ1) is 14.0. The van der Waals surface area contributed by atoms with Gasteiger partial charge < -0.3 is 4.74 Å². The van der Waals surface area contributed by atoms with Gasteiger partial charge in [-0.25, -0.2) is 18.2 Å². The Hall–Kier alpha value is -2.41. The van der Waals surface area contributed by atoms with Gasteiger partial charge in [0.2, 0.25) is 0 Å². The third kappa shape index (κ3) is 3.12. The lowest BCUT2D eigenvalue weighted by Gasteiger charge is -2.08. The quantitative estimate of drug-likeness (QED) is 0.866. The summed E-state index contributed by atoms with van der Waals surface area (Å²) in [5.41, 5.74) is 0.163. The third-order valence-corrected chi connectivity index (χ3v) is 3.82. The zero-order valence-corrected chi connectivity index (χ0v) is 11.4. The van der Waals surface area contributed by atoms with Crippen LogP contribution in [0.3, 0.4) is 0 Å². The second-order valence-electron chi connectivity index (χ2n) is 3.84. The van der Waals surface area contributed by atoms with E-state index in [1.807, 2.05) is 0 Å². The molecule has 0 spiro atoms. The van der Waals surface area contributed by atoms with Gasteiger partial charge in [-0.15, -0.1) is 0 Å². The molecule has 0 aliphatic heterocycles. The van der Waals surface area contributed by atoms with Crippen molar-refractivity contribution in [3.05, 3.63) is 54.2 Å². The SMILES string of the molecule is COC(=O)c1cccc(S(=O)(=O)Nc2ccccn2)c1. The molecule has 7 heteroatoms. The summed E-state index contributed by atoms with van der Waals surface area (Å²) < 4.78 is 31.2. The lowest BCUT2D eigenvalue weighted by molar-refractivity contribution is 0.0600. The van der Waals surface area contributed by atoms with E-state index in [-0.39, 0.29) is 16.3 Å². The number of methoxy groups -OCH3 is 1. The van der Waals surface area contributed by atoms with Gasteiger partial charge in [-0.3, -0.25) is 4.72 Å². The molecule has 0 aliphatic carbocycles. The number of carbonyl (C=O) groups is 1. The Morgan fingerprint density at radius 3 is 2.65 bits per heavy atom. The summed E-state index contributed by atoms with van der Waals surface area (Å²) in [6.45, 7) is 0. The number of hydrogen-bond donors (Lipinski definition) is 1. The van der Waals surface area contributed by atoms with Crippen LogP contribution in [0.1, 0.15) is 10.4 Å². The van der Waals surface area contributed by atoms with Gasteiger partial charge in [-0.05, 0) is 30.3 Å². The van der Waals surface area contributed by atoms with Crippen molar-refractivity contribution in [3.8, 4) is 0 Å². The number of aromatic nitrogens is 1. The van der Waals surface area contributed by atoms with Crippen LogP contribution in [-0.4, -0.2) is 26.5 Å². The molecule has 0 atom stereocenters. The van der Waals surface area contributed by atoms with E-state index >= 15 is 0 Å². The zero-order valence-electron chi connectivity index (χ0n) is 10.6. The maximum atomic E-state index is 12.2. The maximum Gasteiger partial charge on any atom is 0.337 e. The van der Waals surface area contributed by atoms with Gasteiger partial charge in [0.15, 0.2) is 0 Å². The molecule has 0 amide bonds. The molecule has 0 fully saturated rings. The van der Waals surface area contributed by atoms with Gasteiger partial charge in [0.1, 0.15) is 5.82 Å². The number of esters is 1. The second-order valence-corrected chi connectivity index (χ2v) is 5.52. The summed E-state index contributed by atoms with van der Waals surface area (Å²) >= 11 is 0. The lowest BCUT2D eigenvalue weighted by atomic mass is 10.2. The van der Waals surface area contributed by atoms with E-state index in [1.165, 1.54) is 43.6 Å². The molecule has 1 heterocycles. The van der Waals surface area contributed by atoms with Crippen molar-refractivity contribution in [1.29, 1.82) is 0 Å². The van der Waals surface area contributed by atoms with Gasteiger partial charge in [-0.2, -0.15) is 0 Å². The molecule has 2 aromatic rings. The second kappa shape index (κ2) is 5.70. The van der Waals surface area contributed by atoms with Crippen molar-refractivity contribution in [2.24, 2.45) is 0 Å². The largest absolute Gasteiger partial charge is 0.465 e. The van der Waals surface area contributed by atoms with Crippen LogP contribution in [0.25, 0.3) is 0 Å². The molecule has 6 nitrogen and oxygen atoms in total. The van der Waals surface area contributed by atoms with Crippen molar-refractivity contribution < 1.29 is 17.9 Å². The zero-order chi connectivity index (χ0) is 14.6. The van der Waals surface area contributed by atoms with Crippen molar-refractivity contribution in [2.75, 3.05) is 11.8 Å². The number of sulfonamides is 1. The summed E-state index contributed by atoms with van der Waals surface area (Å²) in [5.74, 6) is -0.393. The average Bonchev–Trinajstić information content (AvgIpc) is 2.47. The summed E-state index contributed by atoms with van der Waals surface area (Å²) in [7, 11) is -2.57. The Morgan fingerprint density at radius 1 is 1.20 bits per heavy atom. The molecule has 1 aromatic heterocycles. The number of ether oxygens (including phenoxy) is 1. The molecule has 0 saturated heterocycles. The Bertz CT molecular complexity index is 714. The lowest BCUT2D eigenvalue weighted by Crippen LogP contribution is -2.14. The van der Waals surface area contributed by atoms with Gasteiger partial charge >= 0.3 is 5.97 Å². The van der Waals surface area contributed by atoms with E-state index < -0.39 is 16.0 Å². The Balaban J connectivity index is 2.33. The molecule has 0 saturated carbocycles. The molecule has 0 bridgehead atoms. The maximum absolute atomic E-state index is 12.2. The minimum atomic E-state index is -3.80. The predicted octanol–water partition coefficient (Wildman–Crippen LogP) is 1.67. The minimum Gasteiger partial charge on any atom is -0.465 e. The van der Waals surface area contributed by atoms with Crippen molar-refractivity contribution in [3.63, 3.8) is 0 Å². The van der Waals surface area contributed by atoms with Crippen LogP contribution >= 0.6 is 0 Å². The topological polar surface area (TPSA) is 85.4 Å². The van der Waals surface area contributed by atoms with Crippen LogP contribution < -0.4 is 4.72 Å². The number of nitrogens with one attached hydrogen (secondary N) is 1. The summed E-state index contributed by atoms with van der Waals surface area (Å²) in [6.07, 6.45) is 1.47. The predicted molar refractivity (Wildman–Crippen MR) is 72.8 cm³/mol. The number of carbonyl (C=O) groups excluding carboxylic acids is 1. The van der Waals surface area contributed by atoms with Gasteiger partial charge in [0.05, 0.1) is 17.6 Å². The smallest absolute Gasteiger partial charge is 0.337 e. The Morgan fingerprint density at radius 2 is 2.00 bits per heavy atom. The normalized spacial score (nSPS) is 10.8. The third-order valence-electron chi connectivity index (χ3n) is 2.47. The fourth-order valence-corrected chi connectivity index (χ4v) is 2.58. The number of anilines is 1. The van der Waals surface area contributed by atoms with Gasteiger partial charge in [0, 0.05) is 6.20 Å². The van der Waals surface area contributed by atoms with Crippen molar-refractivity contribution in [1.82, 2.24) is 4.98 Å². The number of rotatable bonds is 4. The van der Waals surface area contributed by atoms with Crippen LogP contribution in [0.2, 0.25) is 0 Å². The Labute approximate surface area is 116 Å². The molecule has 0 radical (unpaired) electrons. The first-order valence-corrected chi connectivity index (χ1v) is 7.13. The highest BCUT2D eigenvalue weighted by molar-refractivity contribution is 7.92. The fraction of sp³-hybridized carbons (Fsp3) is 0.0769. The van der Waals surface area contributed by atoms with Crippen LogP contribution in [0.15, 0.2) is 53.6 Å². The van der Waals surface area contributed by atoms with Crippen molar-refractivity contribution >= 4 is 21.8 Å². The fourth-order valence-electron chi connectivity index (χ4n) is 1.53. The van der Waals surface area contributed by atoms with Gasteiger partial charge in [-0.1, -0.05) is 12.1 Å². The van der Waals surface area contributed by atoms with E-state index in [9.17, 15) is 13.2 Å². The molecule has 104 valence electrons. The highest BCUT2D eigenvalue weighted by atomic mass is 32.2. The van der Waals surface area contributed by atoms with Crippen LogP contribution in [0.4, 0.5) is 5.82 Å². The summed E-state index contributed by atoms with van der Waals surface area (Å²) in [4.78, 5) is 15.2. The highest BCUT2D eigenvalue weighted by Gasteiger charge is 2.17. The van der Waals surface area contributed by atoms with E-state index in [0.717, 1.165) is 0 Å². The van der Waals surface area contributed by atoms with E-state index in [1.54, 1.807) is 12.1 Å². The number of pyridine rings is 1. The monoisotopic (exact) mass is 292 g/mol. The minimum absolute atomic E-state index is 0.0361.